The fourth-order valence-corrected chi connectivity index (χ4v) is 2.27. The van der Waals surface area contributed by atoms with E-state index in [-0.39, 0.29) is 6.04 Å². The van der Waals surface area contributed by atoms with Gasteiger partial charge in [-0.15, -0.1) is 0 Å². The number of halogens is 1. The van der Waals surface area contributed by atoms with Gasteiger partial charge in [-0.25, -0.2) is 4.98 Å². The van der Waals surface area contributed by atoms with Gasteiger partial charge in [0.05, 0.1) is 11.1 Å². The van der Waals surface area contributed by atoms with Crippen molar-refractivity contribution in [3.63, 3.8) is 0 Å². The Balaban J connectivity index is 2.19. The van der Waals surface area contributed by atoms with E-state index in [2.05, 4.69) is 22.2 Å². The maximum absolute atomic E-state index is 6.19. The molecule has 102 valence electrons. The van der Waals surface area contributed by atoms with E-state index in [1.807, 2.05) is 30.1 Å². The van der Waals surface area contributed by atoms with Crippen LogP contribution in [0.1, 0.15) is 30.8 Å². The molecular weight excluding hydrogens is 260 g/mol. The summed E-state index contributed by atoms with van der Waals surface area (Å²) in [6, 6.07) is 2.13. The van der Waals surface area contributed by atoms with Crippen LogP contribution in [-0.4, -0.2) is 21.1 Å². The Morgan fingerprint density at radius 3 is 2.89 bits per heavy atom. The van der Waals surface area contributed by atoms with Gasteiger partial charge in [0.1, 0.15) is 5.82 Å². The molecule has 2 rings (SSSR count). The lowest BCUT2D eigenvalue weighted by Gasteiger charge is -2.19. The van der Waals surface area contributed by atoms with E-state index in [1.165, 1.54) is 0 Å². The summed E-state index contributed by atoms with van der Waals surface area (Å²) in [7, 11) is 2.01. The molecule has 0 fully saturated rings. The van der Waals surface area contributed by atoms with E-state index in [0.29, 0.717) is 5.02 Å². The second-order valence-corrected chi connectivity index (χ2v) is 4.98. The fraction of sp³-hybridized carbons (Fsp3) is 0.429. The van der Waals surface area contributed by atoms with Crippen LogP contribution in [-0.2, 0) is 13.5 Å². The van der Waals surface area contributed by atoms with Crippen LogP contribution < -0.4 is 5.32 Å². The zero-order chi connectivity index (χ0) is 13.7. The van der Waals surface area contributed by atoms with E-state index >= 15 is 0 Å². The van der Waals surface area contributed by atoms with Crippen molar-refractivity contribution in [2.45, 2.75) is 25.8 Å². The lowest BCUT2D eigenvalue weighted by molar-refractivity contribution is 0.491. The summed E-state index contributed by atoms with van der Waals surface area (Å²) in [5.41, 5.74) is 1.09. The Kier molecular flexibility index (Phi) is 4.93. The molecule has 0 spiro atoms. The standard InChI is InChI=1S/C14H19ClN4/c1-3-5-17-13(14-18-7-8-19(14)2)9-11-4-6-16-10-12(11)15/h4,6-8,10,13,17H,3,5,9H2,1-2H3. The largest absolute Gasteiger partial charge is 0.337 e. The third-order valence-electron chi connectivity index (χ3n) is 3.09. The van der Waals surface area contributed by atoms with E-state index in [9.17, 15) is 0 Å². The second-order valence-electron chi connectivity index (χ2n) is 4.57. The molecule has 0 radical (unpaired) electrons. The molecule has 0 saturated carbocycles. The SMILES string of the molecule is CCCNC(Cc1ccncc1Cl)c1nccn1C. The van der Waals surface area contributed by atoms with Gasteiger partial charge in [0.25, 0.3) is 0 Å². The van der Waals surface area contributed by atoms with Crippen LogP contribution in [0.5, 0.6) is 0 Å². The maximum Gasteiger partial charge on any atom is 0.125 e. The zero-order valence-corrected chi connectivity index (χ0v) is 12.1. The number of hydrogen-bond acceptors (Lipinski definition) is 3. The molecule has 4 nitrogen and oxygen atoms in total. The molecule has 5 heteroatoms. The van der Waals surface area contributed by atoms with Gasteiger partial charge < -0.3 is 9.88 Å². The smallest absolute Gasteiger partial charge is 0.125 e. The van der Waals surface area contributed by atoms with Gasteiger partial charge in [-0.1, -0.05) is 18.5 Å². The van der Waals surface area contributed by atoms with E-state index in [4.69, 9.17) is 11.6 Å². The summed E-state index contributed by atoms with van der Waals surface area (Å²) in [6.07, 6.45) is 9.15. The first-order valence-corrected chi connectivity index (χ1v) is 6.89. The summed E-state index contributed by atoms with van der Waals surface area (Å²) in [6.45, 7) is 3.11. The van der Waals surface area contributed by atoms with E-state index < -0.39 is 0 Å². The molecule has 0 saturated heterocycles. The molecular formula is C14H19ClN4. The molecule has 0 amide bonds. The summed E-state index contributed by atoms with van der Waals surface area (Å²) >= 11 is 6.19. The Hall–Kier alpha value is -1.39. The molecule has 2 aromatic rings. The van der Waals surface area contributed by atoms with Crippen LogP contribution >= 0.6 is 11.6 Å². The minimum Gasteiger partial charge on any atom is -0.337 e. The number of rotatable bonds is 6. The minimum absolute atomic E-state index is 0.167. The van der Waals surface area contributed by atoms with Crippen molar-refractivity contribution in [3.8, 4) is 0 Å². The highest BCUT2D eigenvalue weighted by atomic mass is 35.5. The van der Waals surface area contributed by atoms with Gasteiger partial charge in [-0.2, -0.15) is 0 Å². The van der Waals surface area contributed by atoms with Gasteiger partial charge in [-0.05, 0) is 31.0 Å². The van der Waals surface area contributed by atoms with Gasteiger partial charge in [0.15, 0.2) is 0 Å². The molecule has 0 aliphatic heterocycles. The molecule has 1 atom stereocenters. The molecule has 1 unspecified atom stereocenters. The summed E-state index contributed by atoms with van der Waals surface area (Å²) < 4.78 is 2.04. The van der Waals surface area contributed by atoms with Crippen LogP contribution in [0, 0.1) is 0 Å². The molecule has 0 aliphatic rings. The minimum atomic E-state index is 0.167. The van der Waals surface area contributed by atoms with Gasteiger partial charge in [-0.3, -0.25) is 4.98 Å². The van der Waals surface area contributed by atoms with Gasteiger partial charge >= 0.3 is 0 Å². The highest BCUT2D eigenvalue weighted by Gasteiger charge is 2.17. The fourth-order valence-electron chi connectivity index (χ4n) is 2.08. The Morgan fingerprint density at radius 1 is 1.42 bits per heavy atom. The van der Waals surface area contributed by atoms with Gasteiger partial charge in [0.2, 0.25) is 0 Å². The predicted molar refractivity (Wildman–Crippen MR) is 77.2 cm³/mol. The van der Waals surface area contributed by atoms with Crippen molar-refractivity contribution in [3.05, 3.63) is 47.3 Å². The molecule has 0 aliphatic carbocycles. The molecule has 1 N–H and O–H groups in total. The number of hydrogen-bond donors (Lipinski definition) is 1. The monoisotopic (exact) mass is 278 g/mol. The zero-order valence-electron chi connectivity index (χ0n) is 11.3. The second kappa shape index (κ2) is 6.68. The van der Waals surface area contributed by atoms with Crippen LogP contribution in [0.2, 0.25) is 5.02 Å². The van der Waals surface area contributed by atoms with Crippen LogP contribution in [0.3, 0.4) is 0 Å². The van der Waals surface area contributed by atoms with Crippen molar-refractivity contribution in [1.29, 1.82) is 0 Å². The highest BCUT2D eigenvalue weighted by molar-refractivity contribution is 6.31. The van der Waals surface area contributed by atoms with Gasteiger partial charge in [0, 0.05) is 31.8 Å². The molecule has 0 bridgehead atoms. The third kappa shape index (κ3) is 3.55. The highest BCUT2D eigenvalue weighted by Crippen LogP contribution is 2.21. The van der Waals surface area contributed by atoms with Crippen molar-refractivity contribution in [2.75, 3.05) is 6.54 Å². The lowest BCUT2D eigenvalue weighted by atomic mass is 10.1. The number of imidazole rings is 1. The lowest BCUT2D eigenvalue weighted by Crippen LogP contribution is -2.26. The Labute approximate surface area is 118 Å². The quantitative estimate of drug-likeness (QED) is 0.883. The Bertz CT molecular complexity index is 524. The maximum atomic E-state index is 6.19. The van der Waals surface area contributed by atoms with E-state index in [1.54, 1.807) is 12.4 Å². The van der Waals surface area contributed by atoms with Crippen LogP contribution in [0.15, 0.2) is 30.9 Å². The Morgan fingerprint density at radius 2 is 2.26 bits per heavy atom. The van der Waals surface area contributed by atoms with Crippen molar-refractivity contribution in [2.24, 2.45) is 7.05 Å². The summed E-state index contributed by atoms with van der Waals surface area (Å²) in [5.74, 6) is 1.03. The van der Waals surface area contributed by atoms with E-state index in [0.717, 1.165) is 30.8 Å². The summed E-state index contributed by atoms with van der Waals surface area (Å²) in [5, 5.41) is 4.23. The first-order chi connectivity index (χ1) is 9.22. The average Bonchev–Trinajstić information content (AvgIpc) is 2.83. The molecule has 0 aromatic carbocycles. The summed E-state index contributed by atoms with van der Waals surface area (Å²) in [4.78, 5) is 8.46. The van der Waals surface area contributed by atoms with Crippen LogP contribution in [0.4, 0.5) is 0 Å². The van der Waals surface area contributed by atoms with Crippen molar-refractivity contribution >= 4 is 11.6 Å². The van der Waals surface area contributed by atoms with Crippen molar-refractivity contribution in [1.82, 2.24) is 19.9 Å². The number of pyridine rings is 1. The third-order valence-corrected chi connectivity index (χ3v) is 3.43. The van der Waals surface area contributed by atoms with Crippen LogP contribution in [0.25, 0.3) is 0 Å². The molecule has 2 aromatic heterocycles. The average molecular weight is 279 g/mol. The normalized spacial score (nSPS) is 12.6. The number of nitrogens with one attached hydrogen (secondary N) is 1. The predicted octanol–water partition coefficient (Wildman–Crippen LogP) is 2.75. The number of aromatic nitrogens is 3. The number of nitrogens with zero attached hydrogens (tertiary/aromatic N) is 3. The first kappa shape index (κ1) is 14.0. The number of aryl methyl sites for hydroxylation is 1. The molecule has 2 heterocycles. The van der Waals surface area contributed by atoms with Crippen molar-refractivity contribution < 1.29 is 0 Å². The first-order valence-electron chi connectivity index (χ1n) is 6.51. The molecule has 19 heavy (non-hydrogen) atoms. The topological polar surface area (TPSA) is 42.7 Å².